The first-order chi connectivity index (χ1) is 6.66. The molecule has 0 bridgehead atoms. The number of hydrogen-bond acceptors (Lipinski definition) is 2. The van der Waals surface area contributed by atoms with Crippen LogP contribution in [0.15, 0.2) is 0 Å². The van der Waals surface area contributed by atoms with E-state index in [1.807, 2.05) is 6.92 Å². The molecule has 0 unspecified atom stereocenters. The van der Waals surface area contributed by atoms with Crippen molar-refractivity contribution in [3.63, 3.8) is 0 Å². The molecule has 0 aliphatic heterocycles. The maximum absolute atomic E-state index is 11.1. The zero-order valence-corrected chi connectivity index (χ0v) is 9.61. The van der Waals surface area contributed by atoms with Crippen molar-refractivity contribution < 1.29 is 9.53 Å². The monoisotopic (exact) mass is 218 g/mol. The van der Waals surface area contributed by atoms with Crippen LogP contribution in [0.25, 0.3) is 0 Å². The molecule has 0 N–H and O–H groups in total. The van der Waals surface area contributed by atoms with E-state index in [2.05, 4.69) is 0 Å². The van der Waals surface area contributed by atoms with Crippen LogP contribution in [-0.4, -0.2) is 17.5 Å². The molecule has 1 aliphatic carbocycles. The highest BCUT2D eigenvalue weighted by molar-refractivity contribution is 6.24. The zero-order valence-electron chi connectivity index (χ0n) is 8.85. The van der Waals surface area contributed by atoms with Crippen LogP contribution in [-0.2, 0) is 9.53 Å². The molecule has 0 saturated heterocycles. The first-order valence-corrected chi connectivity index (χ1v) is 5.89. The quantitative estimate of drug-likeness (QED) is 0.535. The molecule has 0 atom stereocenters. The van der Waals surface area contributed by atoms with Gasteiger partial charge in [-0.2, -0.15) is 0 Å². The van der Waals surface area contributed by atoms with E-state index in [4.69, 9.17) is 16.3 Å². The Hall–Kier alpha value is -0.240. The molecule has 0 aromatic carbocycles. The van der Waals surface area contributed by atoms with Crippen molar-refractivity contribution in [3.05, 3.63) is 0 Å². The van der Waals surface area contributed by atoms with Crippen LogP contribution in [0, 0.1) is 0 Å². The lowest BCUT2D eigenvalue weighted by atomic mass is 9.85. The minimum atomic E-state index is -0.120. The van der Waals surface area contributed by atoms with E-state index >= 15 is 0 Å². The molecule has 1 fully saturated rings. The van der Waals surface area contributed by atoms with Crippen LogP contribution in [0.2, 0.25) is 0 Å². The van der Waals surface area contributed by atoms with Gasteiger partial charge in [0.1, 0.15) is 0 Å². The van der Waals surface area contributed by atoms with Gasteiger partial charge in [0.15, 0.2) is 0 Å². The van der Waals surface area contributed by atoms with Gasteiger partial charge in [-0.05, 0) is 26.2 Å². The molecular weight excluding hydrogens is 200 g/mol. The number of ether oxygens (including phenoxy) is 1. The van der Waals surface area contributed by atoms with E-state index in [1.165, 1.54) is 19.3 Å². The van der Waals surface area contributed by atoms with Crippen molar-refractivity contribution in [1.82, 2.24) is 0 Å². The van der Waals surface area contributed by atoms with E-state index in [-0.39, 0.29) is 10.8 Å². The predicted octanol–water partition coefficient (Wildman–Crippen LogP) is 3.27. The Morgan fingerprint density at radius 2 is 2.00 bits per heavy atom. The molecule has 82 valence electrons. The van der Waals surface area contributed by atoms with Gasteiger partial charge in [-0.1, -0.05) is 19.3 Å². The maximum atomic E-state index is 11.1. The maximum Gasteiger partial charge on any atom is 0.305 e. The fraction of sp³-hybridized carbons (Fsp3) is 0.909. The first-order valence-electron chi connectivity index (χ1n) is 5.51. The molecular formula is C11H19ClO2. The van der Waals surface area contributed by atoms with Crippen molar-refractivity contribution >= 4 is 17.6 Å². The van der Waals surface area contributed by atoms with Crippen molar-refractivity contribution in [2.45, 2.75) is 56.7 Å². The third-order valence-corrected chi connectivity index (χ3v) is 3.40. The van der Waals surface area contributed by atoms with Crippen molar-refractivity contribution in [1.29, 1.82) is 0 Å². The third kappa shape index (κ3) is 3.87. The average Bonchev–Trinajstić information content (AvgIpc) is 2.17. The van der Waals surface area contributed by atoms with Crippen LogP contribution in [0.1, 0.15) is 51.9 Å². The molecule has 3 heteroatoms. The van der Waals surface area contributed by atoms with Gasteiger partial charge in [0.25, 0.3) is 0 Å². The smallest absolute Gasteiger partial charge is 0.305 e. The van der Waals surface area contributed by atoms with Gasteiger partial charge in [-0.15, -0.1) is 11.6 Å². The van der Waals surface area contributed by atoms with Gasteiger partial charge < -0.3 is 4.74 Å². The second-order valence-corrected chi connectivity index (χ2v) is 4.82. The number of rotatable bonds is 4. The van der Waals surface area contributed by atoms with E-state index < -0.39 is 0 Å². The summed E-state index contributed by atoms with van der Waals surface area (Å²) in [5, 5.41) is 0. The van der Waals surface area contributed by atoms with Crippen LogP contribution < -0.4 is 0 Å². The fourth-order valence-electron chi connectivity index (χ4n) is 1.99. The van der Waals surface area contributed by atoms with Crippen molar-refractivity contribution in [2.75, 3.05) is 6.61 Å². The Bertz CT molecular complexity index is 186. The van der Waals surface area contributed by atoms with E-state index in [1.54, 1.807) is 0 Å². The van der Waals surface area contributed by atoms with E-state index in [0.717, 1.165) is 19.3 Å². The molecule has 0 amide bonds. The standard InChI is InChI=1S/C11H19ClO2/c1-2-14-10(13)6-9-11(12)7-4-3-5-8-11/h2-9H2,1H3. The van der Waals surface area contributed by atoms with E-state index in [0.29, 0.717) is 13.0 Å². The number of alkyl halides is 1. The summed E-state index contributed by atoms with van der Waals surface area (Å²) < 4.78 is 4.88. The molecule has 0 aromatic heterocycles. The van der Waals surface area contributed by atoms with Gasteiger partial charge in [0, 0.05) is 11.3 Å². The summed E-state index contributed by atoms with van der Waals surface area (Å²) in [6.07, 6.45) is 7.03. The number of halogens is 1. The summed E-state index contributed by atoms with van der Waals surface area (Å²) in [5.41, 5.74) is 0. The minimum absolute atomic E-state index is 0.113. The average molecular weight is 219 g/mol. The highest BCUT2D eigenvalue weighted by atomic mass is 35.5. The van der Waals surface area contributed by atoms with Gasteiger partial charge in [0.05, 0.1) is 6.61 Å². The molecule has 0 radical (unpaired) electrons. The Balaban J connectivity index is 2.24. The third-order valence-electron chi connectivity index (χ3n) is 2.83. The van der Waals surface area contributed by atoms with Crippen LogP contribution in [0.4, 0.5) is 0 Å². The largest absolute Gasteiger partial charge is 0.466 e. The number of carbonyl (C=O) groups is 1. The van der Waals surface area contributed by atoms with Crippen LogP contribution in [0.5, 0.6) is 0 Å². The van der Waals surface area contributed by atoms with E-state index in [9.17, 15) is 4.79 Å². The summed E-state index contributed by atoms with van der Waals surface area (Å²) in [6.45, 7) is 2.29. The summed E-state index contributed by atoms with van der Waals surface area (Å²) in [5.74, 6) is -0.113. The lowest BCUT2D eigenvalue weighted by molar-refractivity contribution is -0.143. The number of esters is 1. The molecule has 0 aromatic rings. The lowest BCUT2D eigenvalue weighted by Gasteiger charge is -2.30. The normalized spacial score (nSPS) is 20.4. The SMILES string of the molecule is CCOC(=O)CCC1(Cl)CCCCC1. The van der Waals surface area contributed by atoms with Gasteiger partial charge in [0.2, 0.25) is 0 Å². The highest BCUT2D eigenvalue weighted by Gasteiger charge is 2.29. The molecule has 2 nitrogen and oxygen atoms in total. The Morgan fingerprint density at radius 1 is 1.36 bits per heavy atom. The Kier molecular flexibility index (Phi) is 4.73. The first kappa shape index (κ1) is 11.8. The molecule has 0 spiro atoms. The summed E-state index contributed by atoms with van der Waals surface area (Å²) in [4.78, 5) is 11.0. The van der Waals surface area contributed by atoms with Crippen LogP contribution in [0.3, 0.4) is 0 Å². The predicted molar refractivity (Wildman–Crippen MR) is 57.5 cm³/mol. The molecule has 14 heavy (non-hydrogen) atoms. The van der Waals surface area contributed by atoms with Gasteiger partial charge in [-0.3, -0.25) is 4.79 Å². The lowest BCUT2D eigenvalue weighted by Crippen LogP contribution is -2.26. The molecule has 1 aliphatic rings. The fourth-order valence-corrected chi connectivity index (χ4v) is 2.36. The number of hydrogen-bond donors (Lipinski definition) is 0. The van der Waals surface area contributed by atoms with Crippen molar-refractivity contribution in [3.8, 4) is 0 Å². The van der Waals surface area contributed by atoms with Crippen LogP contribution >= 0.6 is 11.6 Å². The molecule has 0 heterocycles. The summed E-state index contributed by atoms with van der Waals surface area (Å²) in [6, 6.07) is 0. The van der Waals surface area contributed by atoms with Gasteiger partial charge in [-0.25, -0.2) is 0 Å². The molecule has 1 saturated carbocycles. The zero-order chi connectivity index (χ0) is 10.4. The number of carbonyl (C=O) groups excluding carboxylic acids is 1. The van der Waals surface area contributed by atoms with Gasteiger partial charge >= 0.3 is 5.97 Å². The van der Waals surface area contributed by atoms with Crippen molar-refractivity contribution in [2.24, 2.45) is 0 Å². The second kappa shape index (κ2) is 5.59. The second-order valence-electron chi connectivity index (χ2n) is 4.02. The Morgan fingerprint density at radius 3 is 2.57 bits per heavy atom. The topological polar surface area (TPSA) is 26.3 Å². The Labute approximate surface area is 91.0 Å². The minimum Gasteiger partial charge on any atom is -0.466 e. The summed E-state index contributed by atoms with van der Waals surface area (Å²) >= 11 is 6.41. The molecule has 1 rings (SSSR count). The highest BCUT2D eigenvalue weighted by Crippen LogP contribution is 2.37. The summed E-state index contributed by atoms with van der Waals surface area (Å²) in [7, 11) is 0.